The van der Waals surface area contributed by atoms with Crippen molar-refractivity contribution in [1.82, 2.24) is 31.9 Å². The first-order valence-electron chi connectivity index (χ1n) is 17.5. The molecule has 0 aliphatic carbocycles. The Morgan fingerprint density at radius 2 is 1.11 bits per heavy atom. The summed E-state index contributed by atoms with van der Waals surface area (Å²) in [5, 5.41) is 55.1. The van der Waals surface area contributed by atoms with Crippen LogP contribution in [0.25, 0.3) is 0 Å². The molecule has 23 heteroatoms. The molecule has 10 N–H and O–H groups in total. The fourth-order valence-electron chi connectivity index (χ4n) is 5.09. The molecular weight excluding hydrogens is 760 g/mol. The van der Waals surface area contributed by atoms with Crippen LogP contribution in [0, 0.1) is 16.0 Å². The summed E-state index contributed by atoms with van der Waals surface area (Å²) in [4.78, 5) is 133. The van der Waals surface area contributed by atoms with Gasteiger partial charge in [0, 0.05) is 44.6 Å². The Bertz CT molecular complexity index is 1650. The maximum atomic E-state index is 13.3. The SMILES string of the molecule is CC(=O)N[C@@H](CCCCNC(=O)[C@H](CC(=O)O)NC(=O)[C@H](CCC(=O)O)NC(=O)[C@@H](NC(=O)[C@H](CC(=O)O)NC(C)=O)C(C)C)C(=O)Nc1ccc([N+](=O)[O-])cc1. The van der Waals surface area contributed by atoms with E-state index >= 15 is 0 Å². The van der Waals surface area contributed by atoms with E-state index in [0.29, 0.717) is 0 Å². The van der Waals surface area contributed by atoms with Gasteiger partial charge < -0.3 is 52.5 Å². The summed E-state index contributed by atoms with van der Waals surface area (Å²) in [7, 11) is 0. The van der Waals surface area contributed by atoms with Crippen LogP contribution < -0.4 is 37.2 Å². The van der Waals surface area contributed by atoms with Gasteiger partial charge in [-0.05, 0) is 43.7 Å². The summed E-state index contributed by atoms with van der Waals surface area (Å²) in [5.41, 5.74) is 0.0401. The van der Waals surface area contributed by atoms with Crippen molar-refractivity contribution in [3.8, 4) is 0 Å². The first-order chi connectivity index (χ1) is 26.6. The van der Waals surface area contributed by atoms with Crippen LogP contribution in [0.4, 0.5) is 11.4 Å². The lowest BCUT2D eigenvalue weighted by Gasteiger charge is -2.27. The molecule has 1 rings (SSSR count). The summed E-state index contributed by atoms with van der Waals surface area (Å²) in [6, 6.07) is -2.42. The molecule has 23 nitrogen and oxygen atoms in total. The van der Waals surface area contributed by atoms with Gasteiger partial charge in [-0.3, -0.25) is 58.1 Å². The minimum absolute atomic E-state index is 0.0831. The number of hydrogen-bond acceptors (Lipinski definition) is 12. The third-order valence-corrected chi connectivity index (χ3v) is 7.87. The minimum atomic E-state index is -1.71. The number of non-ortho nitro benzene ring substituents is 1. The summed E-state index contributed by atoms with van der Waals surface area (Å²) in [6.45, 7) is 5.13. The molecule has 1 aromatic carbocycles. The van der Waals surface area contributed by atoms with E-state index in [0.717, 1.165) is 6.92 Å². The van der Waals surface area contributed by atoms with Crippen molar-refractivity contribution in [2.24, 2.45) is 5.92 Å². The second-order valence-corrected chi connectivity index (χ2v) is 13.1. The van der Waals surface area contributed by atoms with Gasteiger partial charge in [-0.2, -0.15) is 0 Å². The van der Waals surface area contributed by atoms with E-state index in [1.165, 1.54) is 45.0 Å². The van der Waals surface area contributed by atoms with Gasteiger partial charge in [0.15, 0.2) is 0 Å². The number of carboxylic acids is 3. The van der Waals surface area contributed by atoms with Crippen molar-refractivity contribution >= 4 is 70.6 Å². The van der Waals surface area contributed by atoms with Crippen molar-refractivity contribution in [2.45, 2.75) is 103 Å². The second kappa shape index (κ2) is 24.0. The number of carbonyl (C=O) groups is 10. The zero-order valence-corrected chi connectivity index (χ0v) is 31.6. The molecule has 0 aromatic heterocycles. The Morgan fingerprint density at radius 3 is 1.60 bits per heavy atom. The number of aliphatic carboxylic acids is 3. The van der Waals surface area contributed by atoms with Crippen molar-refractivity contribution in [3.05, 3.63) is 34.4 Å². The van der Waals surface area contributed by atoms with E-state index in [9.17, 15) is 68.3 Å². The maximum Gasteiger partial charge on any atom is 0.305 e. The number of nitro groups is 1. The zero-order valence-electron chi connectivity index (χ0n) is 31.6. The maximum absolute atomic E-state index is 13.3. The lowest BCUT2D eigenvalue weighted by Crippen LogP contribution is -2.59. The lowest BCUT2D eigenvalue weighted by molar-refractivity contribution is -0.384. The number of carbonyl (C=O) groups excluding carboxylic acids is 7. The molecule has 0 fully saturated rings. The highest BCUT2D eigenvalue weighted by Crippen LogP contribution is 2.16. The lowest BCUT2D eigenvalue weighted by atomic mass is 10.0. The van der Waals surface area contributed by atoms with Gasteiger partial charge in [-0.25, -0.2) is 0 Å². The van der Waals surface area contributed by atoms with E-state index in [1.54, 1.807) is 0 Å². The van der Waals surface area contributed by atoms with Crippen LogP contribution in [0.3, 0.4) is 0 Å². The molecule has 0 saturated heterocycles. The van der Waals surface area contributed by atoms with Gasteiger partial charge in [-0.15, -0.1) is 0 Å². The van der Waals surface area contributed by atoms with Crippen LogP contribution in [0.1, 0.15) is 72.6 Å². The molecule has 0 aliphatic heterocycles. The molecule has 57 heavy (non-hydrogen) atoms. The molecule has 0 heterocycles. The van der Waals surface area contributed by atoms with Gasteiger partial charge in [0.05, 0.1) is 17.8 Å². The normalized spacial score (nSPS) is 13.3. The van der Waals surface area contributed by atoms with Gasteiger partial charge in [-0.1, -0.05) is 13.8 Å². The summed E-state index contributed by atoms with van der Waals surface area (Å²) < 4.78 is 0. The zero-order chi connectivity index (χ0) is 43.4. The van der Waals surface area contributed by atoms with Crippen LogP contribution in [0.5, 0.6) is 0 Å². The molecule has 0 saturated carbocycles. The molecule has 0 spiro atoms. The molecule has 5 atom stereocenters. The predicted molar refractivity (Wildman–Crippen MR) is 196 cm³/mol. The second-order valence-electron chi connectivity index (χ2n) is 13.1. The average Bonchev–Trinajstić information content (AvgIpc) is 3.09. The number of nitrogens with zero attached hydrogens (tertiary/aromatic N) is 1. The molecule has 0 bridgehead atoms. The van der Waals surface area contributed by atoms with Crippen LogP contribution in [-0.2, 0) is 47.9 Å². The van der Waals surface area contributed by atoms with Crippen LogP contribution in [-0.4, -0.2) is 116 Å². The molecule has 0 aliphatic rings. The van der Waals surface area contributed by atoms with E-state index < -0.39 is 126 Å². The van der Waals surface area contributed by atoms with Crippen molar-refractivity contribution < 1.29 is 68.2 Å². The Hall–Kier alpha value is -6.68. The van der Waals surface area contributed by atoms with Crippen LogP contribution in [0.2, 0.25) is 0 Å². The molecule has 0 unspecified atom stereocenters. The standard InChI is InChI=1S/C34H48N8O15/c1-17(2)29(41-33(54)25(16-28(49)50)37-19(4)44)34(55)39-23(12-13-26(45)46)32(53)40-24(15-27(47)48)30(51)35-14-6-5-7-22(36-18(3)43)31(52)38-20-8-10-21(11-9-20)42(56)57/h8-11,17,22-25,29H,5-7,12-16H2,1-4H3,(H,35,51)(H,36,43)(H,37,44)(H,38,52)(H,39,55)(H,40,53)(H,41,54)(H,45,46)(H,47,48)(H,49,50)/t22-,23-,24-,25-,29-/m0/s1. The third-order valence-electron chi connectivity index (χ3n) is 7.87. The number of rotatable bonds is 25. The van der Waals surface area contributed by atoms with Gasteiger partial charge in [0.2, 0.25) is 41.4 Å². The van der Waals surface area contributed by atoms with Gasteiger partial charge in [0.1, 0.15) is 30.2 Å². The van der Waals surface area contributed by atoms with E-state index in [4.69, 9.17) is 5.11 Å². The summed E-state index contributed by atoms with van der Waals surface area (Å²) in [6.07, 6.45) is -2.42. The van der Waals surface area contributed by atoms with Gasteiger partial charge >= 0.3 is 17.9 Å². The van der Waals surface area contributed by atoms with Gasteiger partial charge in [0.25, 0.3) is 5.69 Å². The number of hydrogen-bond donors (Lipinski definition) is 10. The minimum Gasteiger partial charge on any atom is -0.481 e. The monoisotopic (exact) mass is 808 g/mol. The van der Waals surface area contributed by atoms with Crippen molar-refractivity contribution in [3.63, 3.8) is 0 Å². The third kappa shape index (κ3) is 19.0. The number of anilines is 1. The molecule has 7 amide bonds. The van der Waals surface area contributed by atoms with Crippen LogP contribution in [0.15, 0.2) is 24.3 Å². The van der Waals surface area contributed by atoms with E-state index in [-0.39, 0.29) is 37.2 Å². The molecular formula is C34H48N8O15. The van der Waals surface area contributed by atoms with E-state index in [2.05, 4.69) is 37.2 Å². The fourth-order valence-corrected chi connectivity index (χ4v) is 5.09. The average molecular weight is 809 g/mol. The predicted octanol–water partition coefficient (Wildman–Crippen LogP) is -1.25. The van der Waals surface area contributed by atoms with Crippen molar-refractivity contribution in [2.75, 3.05) is 11.9 Å². The number of nitro benzene ring substituents is 1. The first kappa shape index (κ1) is 48.3. The quantitative estimate of drug-likeness (QED) is 0.0314. The molecule has 1 aromatic rings. The number of nitrogens with one attached hydrogen (secondary N) is 7. The summed E-state index contributed by atoms with van der Waals surface area (Å²) in [5.74, 6) is -11.0. The van der Waals surface area contributed by atoms with Crippen molar-refractivity contribution in [1.29, 1.82) is 0 Å². The first-order valence-corrected chi connectivity index (χ1v) is 17.5. The highest BCUT2D eigenvalue weighted by atomic mass is 16.6. The smallest absolute Gasteiger partial charge is 0.305 e. The van der Waals surface area contributed by atoms with E-state index in [1.807, 2.05) is 0 Å². The highest BCUT2D eigenvalue weighted by Gasteiger charge is 2.34. The largest absolute Gasteiger partial charge is 0.481 e. The Balaban J connectivity index is 2.99. The topological polar surface area (TPSA) is 359 Å². The van der Waals surface area contributed by atoms with Crippen LogP contribution >= 0.6 is 0 Å². The number of unbranched alkanes of at least 4 members (excludes halogenated alkanes) is 1. The number of amides is 7. The Labute approximate surface area is 325 Å². The highest BCUT2D eigenvalue weighted by molar-refractivity contribution is 5.98. The number of benzene rings is 1. The molecule has 314 valence electrons. The fraction of sp³-hybridized carbons (Fsp3) is 0.529. The summed E-state index contributed by atoms with van der Waals surface area (Å²) >= 11 is 0. The number of carboxylic acid groups (broad SMARTS) is 3. The Kier molecular flexibility index (Phi) is 20.3. The Morgan fingerprint density at radius 1 is 0.614 bits per heavy atom. The molecule has 0 radical (unpaired) electrons.